The number of amides is 2. The molecule has 0 atom stereocenters. The van der Waals surface area contributed by atoms with Gasteiger partial charge in [-0.2, -0.15) is 0 Å². The van der Waals surface area contributed by atoms with Crippen LogP contribution in [0.25, 0.3) is 11.3 Å². The summed E-state index contributed by atoms with van der Waals surface area (Å²) in [5.74, 6) is -0.287. The van der Waals surface area contributed by atoms with Crippen LogP contribution in [0.15, 0.2) is 57.8 Å². The maximum Gasteiger partial charge on any atom is 0.273 e. The van der Waals surface area contributed by atoms with Gasteiger partial charge in [-0.25, -0.2) is 0 Å². The van der Waals surface area contributed by atoms with Crippen LogP contribution >= 0.6 is 0 Å². The first kappa shape index (κ1) is 19.1. The molecule has 0 saturated carbocycles. The maximum atomic E-state index is 12.1. The Kier molecular flexibility index (Phi) is 6.01. The maximum absolute atomic E-state index is 12.1. The molecule has 144 valence electrons. The standard InChI is InChI=1S/C20H20N4O4/c1-13-8-9-15(19(26)23-13)18(25)21-10-5-11-22-20(27)16-12-17(28-24-16)14-6-3-2-4-7-14/h2-4,6-9,12H,5,10-11H2,1H3,(H,21,25)(H,22,27)(H,23,26). The number of carbonyl (C=O) groups is 2. The van der Waals surface area contributed by atoms with E-state index in [1.807, 2.05) is 30.3 Å². The Hall–Kier alpha value is -3.68. The second kappa shape index (κ2) is 8.81. The van der Waals surface area contributed by atoms with E-state index in [2.05, 4.69) is 20.8 Å². The molecule has 0 aliphatic carbocycles. The van der Waals surface area contributed by atoms with Crippen molar-refractivity contribution in [3.63, 3.8) is 0 Å². The van der Waals surface area contributed by atoms with E-state index in [-0.39, 0.29) is 17.2 Å². The predicted molar refractivity (Wildman–Crippen MR) is 103 cm³/mol. The summed E-state index contributed by atoms with van der Waals surface area (Å²) in [5.41, 5.74) is 1.35. The number of H-pyrrole nitrogens is 1. The number of hydrogen-bond acceptors (Lipinski definition) is 5. The highest BCUT2D eigenvalue weighted by Crippen LogP contribution is 2.19. The molecule has 0 aliphatic rings. The molecule has 28 heavy (non-hydrogen) atoms. The summed E-state index contributed by atoms with van der Waals surface area (Å²) < 4.78 is 5.20. The fourth-order valence-electron chi connectivity index (χ4n) is 2.55. The van der Waals surface area contributed by atoms with Crippen LogP contribution in [-0.4, -0.2) is 35.0 Å². The summed E-state index contributed by atoms with van der Waals surface area (Å²) >= 11 is 0. The van der Waals surface area contributed by atoms with Crippen LogP contribution in [0.3, 0.4) is 0 Å². The average Bonchev–Trinajstić information content (AvgIpc) is 3.18. The molecule has 2 amide bonds. The number of rotatable bonds is 7. The van der Waals surface area contributed by atoms with Crippen LogP contribution in [0.5, 0.6) is 0 Å². The SMILES string of the molecule is Cc1ccc(C(=O)NCCCNC(=O)c2cc(-c3ccccc3)on2)c(=O)[nH]1. The first-order chi connectivity index (χ1) is 13.5. The molecule has 0 unspecified atom stereocenters. The van der Waals surface area contributed by atoms with Crippen LogP contribution < -0.4 is 16.2 Å². The second-order valence-corrected chi connectivity index (χ2v) is 6.19. The molecule has 0 bridgehead atoms. The number of aromatic amines is 1. The van der Waals surface area contributed by atoms with Gasteiger partial charge in [-0.1, -0.05) is 35.5 Å². The molecule has 8 nitrogen and oxygen atoms in total. The minimum absolute atomic E-state index is 0.0608. The van der Waals surface area contributed by atoms with Gasteiger partial charge in [0.1, 0.15) is 5.56 Å². The number of nitrogens with zero attached hydrogens (tertiary/aromatic N) is 1. The van der Waals surface area contributed by atoms with Gasteiger partial charge in [-0.05, 0) is 25.5 Å². The summed E-state index contributed by atoms with van der Waals surface area (Å²) in [6.45, 7) is 2.40. The zero-order chi connectivity index (χ0) is 19.9. The van der Waals surface area contributed by atoms with Gasteiger partial charge in [0.25, 0.3) is 17.4 Å². The summed E-state index contributed by atoms with van der Waals surface area (Å²) in [6.07, 6.45) is 0.505. The quantitative estimate of drug-likeness (QED) is 0.541. The van der Waals surface area contributed by atoms with Gasteiger partial charge in [-0.3, -0.25) is 14.4 Å². The zero-order valence-corrected chi connectivity index (χ0v) is 15.3. The lowest BCUT2D eigenvalue weighted by atomic mass is 10.1. The number of nitrogens with one attached hydrogen (secondary N) is 3. The van der Waals surface area contributed by atoms with Crippen LogP contribution in [0, 0.1) is 6.92 Å². The number of carbonyl (C=O) groups excluding carboxylic acids is 2. The van der Waals surface area contributed by atoms with E-state index in [0.29, 0.717) is 31.0 Å². The molecule has 0 aliphatic heterocycles. The first-order valence-electron chi connectivity index (χ1n) is 8.83. The number of pyridine rings is 1. The van der Waals surface area contributed by atoms with Crippen molar-refractivity contribution in [3.8, 4) is 11.3 Å². The minimum atomic E-state index is -0.448. The van der Waals surface area contributed by atoms with Gasteiger partial charge in [0.05, 0.1) is 0 Å². The Morgan fingerprint density at radius 3 is 2.46 bits per heavy atom. The van der Waals surface area contributed by atoms with E-state index in [1.54, 1.807) is 19.1 Å². The molecule has 3 rings (SSSR count). The molecule has 8 heteroatoms. The van der Waals surface area contributed by atoms with Crippen molar-refractivity contribution in [2.45, 2.75) is 13.3 Å². The molecule has 3 aromatic rings. The van der Waals surface area contributed by atoms with Gasteiger partial charge in [0.2, 0.25) is 0 Å². The van der Waals surface area contributed by atoms with Gasteiger partial charge in [-0.15, -0.1) is 0 Å². The molecule has 3 N–H and O–H groups in total. The summed E-state index contributed by atoms with van der Waals surface area (Å²) in [6, 6.07) is 14.1. The van der Waals surface area contributed by atoms with Gasteiger partial charge >= 0.3 is 0 Å². The number of hydrogen-bond donors (Lipinski definition) is 3. The highest BCUT2D eigenvalue weighted by Gasteiger charge is 2.13. The molecule has 0 spiro atoms. The molecule has 0 radical (unpaired) electrons. The Morgan fingerprint density at radius 2 is 1.75 bits per heavy atom. The third kappa shape index (κ3) is 4.73. The van der Waals surface area contributed by atoms with E-state index < -0.39 is 11.5 Å². The van der Waals surface area contributed by atoms with Crippen molar-refractivity contribution in [2.75, 3.05) is 13.1 Å². The first-order valence-corrected chi connectivity index (χ1v) is 8.83. The lowest BCUT2D eigenvalue weighted by molar-refractivity contribution is 0.0944. The third-order valence-electron chi connectivity index (χ3n) is 4.03. The van der Waals surface area contributed by atoms with Crippen molar-refractivity contribution in [1.29, 1.82) is 0 Å². The molecular weight excluding hydrogens is 360 g/mol. The fraction of sp³-hybridized carbons (Fsp3) is 0.200. The van der Waals surface area contributed by atoms with Crippen LogP contribution in [0.1, 0.15) is 33.0 Å². The van der Waals surface area contributed by atoms with E-state index in [0.717, 1.165) is 5.56 Å². The monoisotopic (exact) mass is 380 g/mol. The Labute approximate surface area is 161 Å². The van der Waals surface area contributed by atoms with Gasteiger partial charge in [0, 0.05) is 30.4 Å². The van der Waals surface area contributed by atoms with Crippen molar-refractivity contribution < 1.29 is 14.1 Å². The number of benzene rings is 1. The summed E-state index contributed by atoms with van der Waals surface area (Å²) in [7, 11) is 0. The fourth-order valence-corrected chi connectivity index (χ4v) is 2.55. The number of aryl methyl sites for hydroxylation is 1. The second-order valence-electron chi connectivity index (χ2n) is 6.19. The summed E-state index contributed by atoms with van der Waals surface area (Å²) in [4.78, 5) is 38.4. The van der Waals surface area contributed by atoms with E-state index in [4.69, 9.17) is 4.52 Å². The van der Waals surface area contributed by atoms with Crippen LogP contribution in [0.2, 0.25) is 0 Å². The predicted octanol–water partition coefficient (Wildman–Crippen LogP) is 1.89. The number of aromatic nitrogens is 2. The van der Waals surface area contributed by atoms with Crippen molar-refractivity contribution in [2.24, 2.45) is 0 Å². The zero-order valence-electron chi connectivity index (χ0n) is 15.3. The largest absolute Gasteiger partial charge is 0.355 e. The normalized spacial score (nSPS) is 10.5. The smallest absolute Gasteiger partial charge is 0.273 e. The highest BCUT2D eigenvalue weighted by molar-refractivity contribution is 5.94. The van der Waals surface area contributed by atoms with Crippen molar-refractivity contribution >= 4 is 11.8 Å². The van der Waals surface area contributed by atoms with E-state index >= 15 is 0 Å². The lowest BCUT2D eigenvalue weighted by Gasteiger charge is -2.06. The van der Waals surface area contributed by atoms with E-state index in [1.165, 1.54) is 6.07 Å². The highest BCUT2D eigenvalue weighted by atomic mass is 16.5. The van der Waals surface area contributed by atoms with Crippen LogP contribution in [-0.2, 0) is 0 Å². The van der Waals surface area contributed by atoms with Crippen molar-refractivity contribution in [3.05, 3.63) is 75.8 Å². The van der Waals surface area contributed by atoms with Crippen LogP contribution in [0.4, 0.5) is 0 Å². The Balaban J connectivity index is 1.43. The summed E-state index contributed by atoms with van der Waals surface area (Å²) in [5, 5.41) is 9.15. The minimum Gasteiger partial charge on any atom is -0.355 e. The molecule has 2 heterocycles. The molecular formula is C20H20N4O4. The Morgan fingerprint density at radius 1 is 1.04 bits per heavy atom. The molecule has 0 saturated heterocycles. The van der Waals surface area contributed by atoms with Gasteiger partial charge in [0.15, 0.2) is 11.5 Å². The van der Waals surface area contributed by atoms with Crippen molar-refractivity contribution in [1.82, 2.24) is 20.8 Å². The average molecular weight is 380 g/mol. The van der Waals surface area contributed by atoms with Gasteiger partial charge < -0.3 is 20.1 Å². The molecule has 0 fully saturated rings. The Bertz CT molecular complexity index is 1020. The lowest BCUT2D eigenvalue weighted by Crippen LogP contribution is -2.32. The molecule has 2 aromatic heterocycles. The topological polar surface area (TPSA) is 117 Å². The third-order valence-corrected chi connectivity index (χ3v) is 4.03. The van der Waals surface area contributed by atoms with E-state index in [9.17, 15) is 14.4 Å². The molecule has 1 aromatic carbocycles.